The van der Waals surface area contributed by atoms with Crippen molar-refractivity contribution in [3.8, 4) is 11.5 Å². The van der Waals surface area contributed by atoms with Crippen molar-refractivity contribution in [1.82, 2.24) is 4.90 Å². The highest BCUT2D eigenvalue weighted by atomic mass is 79.9. The summed E-state index contributed by atoms with van der Waals surface area (Å²) in [6.07, 6.45) is 2.31. The SMILES string of the molecule is COc1ccc(CN2CCC(Nc3ccc(Br)cc3)CC2)cc1OC.O=C(O)C(=O)O. The van der Waals surface area contributed by atoms with Gasteiger partial charge in [-0.15, -0.1) is 0 Å². The predicted molar refractivity (Wildman–Crippen MR) is 121 cm³/mol. The van der Waals surface area contributed by atoms with E-state index in [9.17, 15) is 0 Å². The van der Waals surface area contributed by atoms with Gasteiger partial charge in [0.25, 0.3) is 0 Å². The largest absolute Gasteiger partial charge is 0.493 e. The summed E-state index contributed by atoms with van der Waals surface area (Å²) < 4.78 is 11.8. The van der Waals surface area contributed by atoms with E-state index in [0.717, 1.165) is 48.4 Å². The monoisotopic (exact) mass is 494 g/mol. The zero-order chi connectivity index (χ0) is 22.8. The Morgan fingerprint density at radius 3 is 2.10 bits per heavy atom. The van der Waals surface area contributed by atoms with Crippen LogP contribution in [0, 0.1) is 0 Å². The summed E-state index contributed by atoms with van der Waals surface area (Å²) in [4.78, 5) is 20.7. The fourth-order valence-electron chi connectivity index (χ4n) is 3.25. The molecule has 0 aromatic heterocycles. The van der Waals surface area contributed by atoms with Crippen LogP contribution >= 0.6 is 15.9 Å². The highest BCUT2D eigenvalue weighted by molar-refractivity contribution is 9.10. The number of benzene rings is 2. The van der Waals surface area contributed by atoms with Crippen molar-refractivity contribution in [2.45, 2.75) is 25.4 Å². The molecule has 1 heterocycles. The quantitative estimate of drug-likeness (QED) is 0.521. The topological polar surface area (TPSA) is 108 Å². The number of carboxylic acids is 2. The van der Waals surface area contributed by atoms with Gasteiger partial charge in [0.2, 0.25) is 0 Å². The molecule has 1 fully saturated rings. The molecule has 0 aliphatic carbocycles. The number of likely N-dealkylation sites (tertiary alicyclic amines) is 1. The van der Waals surface area contributed by atoms with Crippen LogP contribution in [0.5, 0.6) is 11.5 Å². The van der Waals surface area contributed by atoms with Crippen molar-refractivity contribution in [2.75, 3.05) is 32.6 Å². The minimum absolute atomic E-state index is 0.544. The molecule has 0 radical (unpaired) electrons. The molecule has 1 aliphatic rings. The van der Waals surface area contributed by atoms with Gasteiger partial charge in [-0.25, -0.2) is 9.59 Å². The van der Waals surface area contributed by atoms with Gasteiger partial charge in [0.15, 0.2) is 11.5 Å². The number of nitrogens with zero attached hydrogens (tertiary/aromatic N) is 1. The molecule has 0 saturated carbocycles. The Morgan fingerprint density at radius 1 is 1.00 bits per heavy atom. The number of halogens is 1. The smallest absolute Gasteiger partial charge is 0.414 e. The molecule has 1 saturated heterocycles. The fraction of sp³-hybridized carbons (Fsp3) is 0.364. The Kier molecular flexibility index (Phi) is 9.61. The third-order valence-corrected chi connectivity index (χ3v) is 5.37. The second kappa shape index (κ2) is 12.2. The molecule has 8 nitrogen and oxygen atoms in total. The number of rotatable bonds is 6. The number of ether oxygens (including phenoxy) is 2. The van der Waals surface area contributed by atoms with E-state index in [-0.39, 0.29) is 0 Å². The number of anilines is 1. The lowest BCUT2D eigenvalue weighted by molar-refractivity contribution is -0.159. The molecule has 31 heavy (non-hydrogen) atoms. The van der Waals surface area contributed by atoms with Gasteiger partial charge in [-0.3, -0.25) is 4.90 Å². The van der Waals surface area contributed by atoms with Gasteiger partial charge in [-0.05, 0) is 54.8 Å². The van der Waals surface area contributed by atoms with Crippen LogP contribution < -0.4 is 14.8 Å². The first-order valence-corrected chi connectivity index (χ1v) is 10.5. The maximum Gasteiger partial charge on any atom is 0.414 e. The van der Waals surface area contributed by atoms with Crippen LogP contribution in [0.2, 0.25) is 0 Å². The normalized spacial score (nSPS) is 14.2. The zero-order valence-corrected chi connectivity index (χ0v) is 19.1. The van der Waals surface area contributed by atoms with Crippen molar-refractivity contribution in [3.63, 3.8) is 0 Å². The van der Waals surface area contributed by atoms with Gasteiger partial charge in [0, 0.05) is 35.8 Å². The lowest BCUT2D eigenvalue weighted by Gasteiger charge is -2.33. The number of methoxy groups -OCH3 is 2. The van der Waals surface area contributed by atoms with Crippen LogP contribution in [-0.2, 0) is 16.1 Å². The van der Waals surface area contributed by atoms with Crippen LogP contribution in [0.4, 0.5) is 5.69 Å². The molecular weight excluding hydrogens is 468 g/mol. The highest BCUT2D eigenvalue weighted by Crippen LogP contribution is 2.28. The van der Waals surface area contributed by atoms with E-state index >= 15 is 0 Å². The Balaban J connectivity index is 0.000000501. The van der Waals surface area contributed by atoms with Gasteiger partial charge < -0.3 is 25.0 Å². The minimum Gasteiger partial charge on any atom is -0.493 e. The van der Waals surface area contributed by atoms with Crippen molar-refractivity contribution in [1.29, 1.82) is 0 Å². The van der Waals surface area contributed by atoms with Crippen LogP contribution in [0.15, 0.2) is 46.9 Å². The lowest BCUT2D eigenvalue weighted by atomic mass is 10.0. The van der Waals surface area contributed by atoms with E-state index in [1.807, 2.05) is 6.07 Å². The number of carbonyl (C=O) groups is 2. The summed E-state index contributed by atoms with van der Waals surface area (Å²) in [6.45, 7) is 3.15. The Morgan fingerprint density at radius 2 is 1.58 bits per heavy atom. The summed E-state index contributed by atoms with van der Waals surface area (Å²) in [6, 6.07) is 15.1. The molecule has 2 aromatic rings. The standard InChI is InChI=1S/C20H25BrN2O2.C2H2O4/c1-24-19-8-3-15(13-20(19)25-2)14-23-11-9-18(10-12-23)22-17-6-4-16(21)5-7-17;3-1(4)2(5)6/h3-8,13,18,22H,9-12,14H2,1-2H3;(H,3,4)(H,5,6). The van der Waals surface area contributed by atoms with E-state index < -0.39 is 11.9 Å². The number of aliphatic carboxylic acids is 2. The summed E-state index contributed by atoms with van der Waals surface area (Å²) >= 11 is 3.48. The first kappa shape index (κ1) is 24.5. The zero-order valence-electron chi connectivity index (χ0n) is 17.5. The van der Waals surface area contributed by atoms with Crippen LogP contribution in [0.25, 0.3) is 0 Å². The molecule has 0 atom stereocenters. The summed E-state index contributed by atoms with van der Waals surface area (Å²) in [5, 5.41) is 18.4. The van der Waals surface area contributed by atoms with E-state index in [4.69, 9.17) is 29.3 Å². The van der Waals surface area contributed by atoms with Crippen molar-refractivity contribution >= 4 is 33.6 Å². The van der Waals surface area contributed by atoms with Crippen molar-refractivity contribution in [2.24, 2.45) is 0 Å². The molecule has 168 valence electrons. The predicted octanol–water partition coefficient (Wildman–Crippen LogP) is 3.70. The highest BCUT2D eigenvalue weighted by Gasteiger charge is 2.19. The van der Waals surface area contributed by atoms with E-state index in [2.05, 4.69) is 62.5 Å². The lowest BCUT2D eigenvalue weighted by Crippen LogP contribution is -2.38. The second-order valence-corrected chi connectivity index (χ2v) is 7.92. The van der Waals surface area contributed by atoms with Gasteiger partial charge in [-0.2, -0.15) is 0 Å². The van der Waals surface area contributed by atoms with E-state index in [0.29, 0.717) is 6.04 Å². The maximum atomic E-state index is 9.10. The first-order chi connectivity index (χ1) is 14.8. The number of hydrogen-bond donors (Lipinski definition) is 3. The van der Waals surface area contributed by atoms with Gasteiger partial charge in [0.1, 0.15) is 0 Å². The number of piperidine rings is 1. The summed E-state index contributed by atoms with van der Waals surface area (Å²) in [5.74, 6) is -2.07. The second-order valence-electron chi connectivity index (χ2n) is 7.00. The molecule has 0 unspecified atom stereocenters. The fourth-order valence-corrected chi connectivity index (χ4v) is 3.52. The number of carboxylic acid groups (broad SMARTS) is 2. The third kappa shape index (κ3) is 8.10. The molecule has 3 N–H and O–H groups in total. The van der Waals surface area contributed by atoms with Crippen LogP contribution in [-0.4, -0.2) is 60.4 Å². The maximum absolute atomic E-state index is 9.10. The summed E-state index contributed by atoms with van der Waals surface area (Å²) in [7, 11) is 3.35. The molecule has 0 spiro atoms. The Hall–Kier alpha value is -2.78. The molecule has 2 aromatic carbocycles. The average Bonchev–Trinajstić information content (AvgIpc) is 2.77. The molecule has 3 rings (SSSR count). The molecule has 0 bridgehead atoms. The first-order valence-electron chi connectivity index (χ1n) is 9.74. The van der Waals surface area contributed by atoms with Crippen LogP contribution in [0.3, 0.4) is 0 Å². The Bertz CT molecular complexity index is 855. The van der Waals surface area contributed by atoms with Crippen molar-refractivity contribution < 1.29 is 29.3 Å². The molecule has 0 amide bonds. The van der Waals surface area contributed by atoms with E-state index in [1.165, 1.54) is 11.3 Å². The van der Waals surface area contributed by atoms with E-state index in [1.54, 1.807) is 14.2 Å². The third-order valence-electron chi connectivity index (χ3n) is 4.84. The number of hydrogen-bond acceptors (Lipinski definition) is 6. The van der Waals surface area contributed by atoms with Gasteiger partial charge in [-0.1, -0.05) is 22.0 Å². The number of nitrogens with one attached hydrogen (secondary N) is 1. The summed E-state index contributed by atoms with van der Waals surface area (Å²) in [5.41, 5.74) is 2.46. The van der Waals surface area contributed by atoms with Gasteiger partial charge >= 0.3 is 11.9 Å². The average molecular weight is 495 g/mol. The molecule has 1 aliphatic heterocycles. The van der Waals surface area contributed by atoms with Crippen LogP contribution in [0.1, 0.15) is 18.4 Å². The molecular formula is C22H27BrN2O6. The molecule has 9 heteroatoms. The minimum atomic E-state index is -1.82. The van der Waals surface area contributed by atoms with Gasteiger partial charge in [0.05, 0.1) is 14.2 Å². The Labute approximate surface area is 189 Å². The van der Waals surface area contributed by atoms with Crippen molar-refractivity contribution in [3.05, 3.63) is 52.5 Å².